The van der Waals surface area contributed by atoms with Crippen LogP contribution < -0.4 is 5.32 Å². The number of hydrogen-bond donors (Lipinski definition) is 1. The summed E-state index contributed by atoms with van der Waals surface area (Å²) >= 11 is 0. The first-order chi connectivity index (χ1) is 6.19. The Hall–Kier alpha value is -1.40. The van der Waals surface area contributed by atoms with E-state index < -0.39 is 6.04 Å². The van der Waals surface area contributed by atoms with E-state index >= 15 is 0 Å². The fourth-order valence-corrected chi connectivity index (χ4v) is 1.09. The molecule has 1 N–H and O–H groups in total. The lowest BCUT2D eigenvalue weighted by atomic mass is 10.1. The average molecular weight is 178 g/mol. The number of benzene rings is 1. The fraction of sp³-hybridized carbons (Fsp3) is 0.300. The van der Waals surface area contributed by atoms with Crippen molar-refractivity contribution in [1.29, 1.82) is 5.26 Å². The van der Waals surface area contributed by atoms with E-state index in [1.54, 1.807) is 26.1 Å². The van der Waals surface area contributed by atoms with Gasteiger partial charge in [0.25, 0.3) is 0 Å². The summed E-state index contributed by atoms with van der Waals surface area (Å²) < 4.78 is 13.1. The van der Waals surface area contributed by atoms with Crippen LogP contribution in [0.25, 0.3) is 0 Å². The third-order valence-corrected chi connectivity index (χ3v) is 1.95. The van der Waals surface area contributed by atoms with Gasteiger partial charge >= 0.3 is 0 Å². The van der Waals surface area contributed by atoms with Crippen LogP contribution in [0.1, 0.15) is 17.2 Å². The average Bonchev–Trinajstić information content (AvgIpc) is 2.13. The lowest BCUT2D eigenvalue weighted by molar-refractivity contribution is 0.611. The SMILES string of the molecule is CN[C@@H](C#N)c1ccc(C)c(F)c1. The second kappa shape index (κ2) is 4.01. The molecule has 0 aliphatic heterocycles. The minimum Gasteiger partial charge on any atom is -0.301 e. The molecule has 0 bridgehead atoms. The highest BCUT2D eigenvalue weighted by atomic mass is 19.1. The van der Waals surface area contributed by atoms with E-state index in [2.05, 4.69) is 5.32 Å². The maximum atomic E-state index is 13.1. The Morgan fingerprint density at radius 3 is 2.69 bits per heavy atom. The van der Waals surface area contributed by atoms with Crippen LogP contribution in [0.3, 0.4) is 0 Å². The highest BCUT2D eigenvalue weighted by Gasteiger charge is 2.08. The van der Waals surface area contributed by atoms with E-state index in [-0.39, 0.29) is 5.82 Å². The Morgan fingerprint density at radius 1 is 1.54 bits per heavy atom. The van der Waals surface area contributed by atoms with Gasteiger partial charge < -0.3 is 5.32 Å². The lowest BCUT2D eigenvalue weighted by Crippen LogP contribution is -2.14. The predicted octanol–water partition coefficient (Wildman–Crippen LogP) is 1.92. The van der Waals surface area contributed by atoms with Gasteiger partial charge in [-0.2, -0.15) is 5.26 Å². The van der Waals surface area contributed by atoms with Gasteiger partial charge in [0.15, 0.2) is 0 Å². The van der Waals surface area contributed by atoms with Gasteiger partial charge in [0.2, 0.25) is 0 Å². The molecule has 0 fully saturated rings. The Labute approximate surface area is 77.0 Å². The molecule has 0 saturated heterocycles. The normalized spacial score (nSPS) is 12.2. The predicted molar refractivity (Wildman–Crippen MR) is 48.6 cm³/mol. The van der Waals surface area contributed by atoms with Crippen LogP contribution in [0.5, 0.6) is 0 Å². The second-order valence-electron chi connectivity index (χ2n) is 2.86. The van der Waals surface area contributed by atoms with Crippen molar-refractivity contribution in [1.82, 2.24) is 5.32 Å². The van der Waals surface area contributed by atoms with Crippen molar-refractivity contribution >= 4 is 0 Å². The van der Waals surface area contributed by atoms with Gasteiger partial charge in [-0.05, 0) is 31.2 Å². The molecule has 0 radical (unpaired) electrons. The summed E-state index contributed by atoms with van der Waals surface area (Å²) in [6.45, 7) is 1.69. The zero-order valence-corrected chi connectivity index (χ0v) is 7.63. The van der Waals surface area contributed by atoms with Gasteiger partial charge in [0, 0.05) is 0 Å². The number of nitrogens with one attached hydrogen (secondary N) is 1. The fourth-order valence-electron chi connectivity index (χ4n) is 1.09. The smallest absolute Gasteiger partial charge is 0.126 e. The Kier molecular flexibility index (Phi) is 2.99. The van der Waals surface area contributed by atoms with Crippen molar-refractivity contribution in [3.63, 3.8) is 0 Å². The minimum absolute atomic E-state index is 0.270. The maximum Gasteiger partial charge on any atom is 0.126 e. The van der Waals surface area contributed by atoms with Crippen LogP contribution in [0.15, 0.2) is 18.2 Å². The molecule has 1 atom stereocenters. The second-order valence-corrected chi connectivity index (χ2v) is 2.86. The Balaban J connectivity index is 3.04. The molecule has 0 amide bonds. The molecule has 1 aromatic rings. The van der Waals surface area contributed by atoms with Gasteiger partial charge in [-0.3, -0.25) is 0 Å². The van der Waals surface area contributed by atoms with Crippen molar-refractivity contribution in [2.75, 3.05) is 7.05 Å². The maximum absolute atomic E-state index is 13.1. The van der Waals surface area contributed by atoms with Gasteiger partial charge in [-0.15, -0.1) is 0 Å². The number of aryl methyl sites for hydroxylation is 1. The van der Waals surface area contributed by atoms with E-state index in [1.165, 1.54) is 6.07 Å². The van der Waals surface area contributed by atoms with Crippen molar-refractivity contribution in [3.05, 3.63) is 35.1 Å². The number of hydrogen-bond acceptors (Lipinski definition) is 2. The molecule has 0 heterocycles. The highest BCUT2D eigenvalue weighted by molar-refractivity contribution is 5.28. The molecule has 0 aliphatic rings. The van der Waals surface area contributed by atoms with E-state index in [9.17, 15) is 4.39 Å². The monoisotopic (exact) mass is 178 g/mol. The van der Waals surface area contributed by atoms with E-state index in [1.807, 2.05) is 6.07 Å². The molecule has 3 heteroatoms. The third-order valence-electron chi connectivity index (χ3n) is 1.95. The number of nitrogens with zero attached hydrogens (tertiary/aromatic N) is 1. The summed E-state index contributed by atoms with van der Waals surface area (Å²) in [6.07, 6.45) is 0. The van der Waals surface area contributed by atoms with Crippen LogP contribution in [0.2, 0.25) is 0 Å². The van der Waals surface area contributed by atoms with E-state index in [4.69, 9.17) is 5.26 Å². The van der Waals surface area contributed by atoms with Crippen LogP contribution in [0.4, 0.5) is 4.39 Å². The topological polar surface area (TPSA) is 35.8 Å². The Bertz CT molecular complexity index is 341. The molecule has 0 aliphatic carbocycles. The first-order valence-electron chi connectivity index (χ1n) is 4.02. The third kappa shape index (κ3) is 2.04. The summed E-state index contributed by atoms with van der Waals surface area (Å²) in [6, 6.07) is 6.42. The standard InChI is InChI=1S/C10H11FN2/c1-7-3-4-8(5-9(7)11)10(6-12)13-2/h3-5,10,13H,1-2H3/t10-/m0/s1. The van der Waals surface area contributed by atoms with Crippen LogP contribution in [-0.2, 0) is 0 Å². The Morgan fingerprint density at radius 2 is 2.23 bits per heavy atom. The molecule has 0 aromatic heterocycles. The zero-order valence-electron chi connectivity index (χ0n) is 7.63. The van der Waals surface area contributed by atoms with E-state index in [0.29, 0.717) is 11.1 Å². The van der Waals surface area contributed by atoms with Crippen LogP contribution in [-0.4, -0.2) is 7.05 Å². The van der Waals surface area contributed by atoms with Gasteiger partial charge in [0.1, 0.15) is 11.9 Å². The van der Waals surface area contributed by atoms with Crippen molar-refractivity contribution in [2.24, 2.45) is 0 Å². The minimum atomic E-state index is -0.435. The molecule has 1 aromatic carbocycles. The summed E-state index contributed by atoms with van der Waals surface area (Å²) in [4.78, 5) is 0. The van der Waals surface area contributed by atoms with Gasteiger partial charge in [-0.25, -0.2) is 4.39 Å². The molecule has 2 nitrogen and oxygen atoms in total. The van der Waals surface area contributed by atoms with Gasteiger partial charge in [-0.1, -0.05) is 12.1 Å². The van der Waals surface area contributed by atoms with Crippen molar-refractivity contribution in [2.45, 2.75) is 13.0 Å². The lowest BCUT2D eigenvalue weighted by Gasteiger charge is -2.08. The molecule has 0 spiro atoms. The van der Waals surface area contributed by atoms with Crippen LogP contribution >= 0.6 is 0 Å². The number of halogens is 1. The van der Waals surface area contributed by atoms with Crippen molar-refractivity contribution < 1.29 is 4.39 Å². The first-order valence-corrected chi connectivity index (χ1v) is 4.02. The molecular formula is C10H11FN2. The summed E-state index contributed by atoms with van der Waals surface area (Å²) in [5.41, 5.74) is 1.25. The van der Waals surface area contributed by atoms with Crippen LogP contribution in [0, 0.1) is 24.1 Å². The number of rotatable bonds is 2. The highest BCUT2D eigenvalue weighted by Crippen LogP contribution is 2.15. The molecule has 13 heavy (non-hydrogen) atoms. The molecule has 0 unspecified atom stereocenters. The zero-order chi connectivity index (χ0) is 9.84. The quantitative estimate of drug-likeness (QED) is 0.751. The van der Waals surface area contributed by atoms with Gasteiger partial charge in [0.05, 0.1) is 6.07 Å². The summed E-state index contributed by atoms with van der Waals surface area (Å²) in [5.74, 6) is -0.270. The first kappa shape index (κ1) is 9.69. The van der Waals surface area contributed by atoms with Crippen molar-refractivity contribution in [3.8, 4) is 6.07 Å². The molecule has 68 valence electrons. The molecular weight excluding hydrogens is 167 g/mol. The number of nitriles is 1. The summed E-state index contributed by atoms with van der Waals surface area (Å²) in [5, 5.41) is 11.5. The van der Waals surface area contributed by atoms with E-state index in [0.717, 1.165) is 0 Å². The molecule has 1 rings (SSSR count). The summed E-state index contributed by atoms with van der Waals surface area (Å²) in [7, 11) is 1.67. The largest absolute Gasteiger partial charge is 0.301 e. The molecule has 0 saturated carbocycles.